The van der Waals surface area contributed by atoms with E-state index in [-0.39, 0.29) is 5.92 Å². The molecule has 1 aliphatic heterocycles. The van der Waals surface area contributed by atoms with Crippen LogP contribution in [0.15, 0.2) is 0 Å². The second kappa shape index (κ2) is 4.56. The van der Waals surface area contributed by atoms with Crippen molar-refractivity contribution in [1.29, 1.82) is 0 Å². The fourth-order valence-corrected chi connectivity index (χ4v) is 1.90. The molecule has 0 aromatic rings. The molecule has 1 aliphatic rings. The summed E-state index contributed by atoms with van der Waals surface area (Å²) in [5.74, 6) is -1.22. The average molecular weight is 189 g/mol. The number of carboxylic acid groups (broad SMARTS) is 1. The van der Waals surface area contributed by atoms with Crippen molar-refractivity contribution < 1.29 is 14.3 Å². The van der Waals surface area contributed by atoms with Crippen LogP contribution >= 0.6 is 0 Å². The molecule has 3 unspecified atom stereocenters. The van der Waals surface area contributed by atoms with Crippen LogP contribution in [-0.2, 0) is 4.79 Å². The maximum absolute atomic E-state index is 12.7. The maximum Gasteiger partial charge on any atom is 0.308 e. The number of nitrogens with one attached hydrogen (secondary N) is 1. The van der Waals surface area contributed by atoms with Crippen molar-refractivity contribution in [3.8, 4) is 0 Å². The Morgan fingerprint density at radius 3 is 3.00 bits per heavy atom. The van der Waals surface area contributed by atoms with E-state index in [0.29, 0.717) is 13.0 Å². The number of aliphatic carboxylic acids is 1. The number of carboxylic acids is 1. The van der Waals surface area contributed by atoms with E-state index >= 15 is 0 Å². The Hall–Kier alpha value is -0.640. The number of alkyl halides is 1. The van der Waals surface area contributed by atoms with Gasteiger partial charge in [-0.15, -0.1) is 0 Å². The van der Waals surface area contributed by atoms with Crippen molar-refractivity contribution in [1.82, 2.24) is 5.32 Å². The molecule has 4 heteroatoms. The quantitative estimate of drug-likeness (QED) is 0.697. The molecular weight excluding hydrogens is 173 g/mol. The molecule has 3 nitrogen and oxygen atoms in total. The van der Waals surface area contributed by atoms with Crippen molar-refractivity contribution in [3.05, 3.63) is 0 Å². The molecule has 0 aromatic heterocycles. The molecule has 0 amide bonds. The highest BCUT2D eigenvalue weighted by molar-refractivity contribution is 5.70. The molecule has 0 bridgehead atoms. The van der Waals surface area contributed by atoms with E-state index in [0.717, 1.165) is 13.0 Å². The van der Waals surface area contributed by atoms with E-state index in [4.69, 9.17) is 5.11 Å². The van der Waals surface area contributed by atoms with E-state index in [1.165, 1.54) is 6.92 Å². The van der Waals surface area contributed by atoms with Gasteiger partial charge in [0, 0.05) is 6.54 Å². The summed E-state index contributed by atoms with van der Waals surface area (Å²) in [6.07, 6.45) is 0.245. The van der Waals surface area contributed by atoms with Crippen LogP contribution in [0.25, 0.3) is 0 Å². The molecule has 1 saturated heterocycles. The first kappa shape index (κ1) is 10.4. The lowest BCUT2D eigenvalue weighted by Crippen LogP contribution is -2.41. The maximum atomic E-state index is 12.7. The van der Waals surface area contributed by atoms with E-state index < -0.39 is 18.1 Å². The Kier molecular flexibility index (Phi) is 3.66. The van der Waals surface area contributed by atoms with Crippen LogP contribution in [-0.4, -0.2) is 30.3 Å². The van der Waals surface area contributed by atoms with E-state index in [2.05, 4.69) is 5.32 Å². The molecule has 1 heterocycles. The fraction of sp³-hybridized carbons (Fsp3) is 0.889. The Bertz CT molecular complexity index is 184. The summed E-state index contributed by atoms with van der Waals surface area (Å²) < 4.78 is 12.7. The van der Waals surface area contributed by atoms with Crippen LogP contribution in [0.4, 0.5) is 4.39 Å². The first-order valence-corrected chi connectivity index (χ1v) is 4.69. The second-order valence-corrected chi connectivity index (χ2v) is 3.71. The Labute approximate surface area is 77.3 Å². The molecule has 0 radical (unpaired) electrons. The molecule has 3 atom stereocenters. The van der Waals surface area contributed by atoms with Crippen LogP contribution in [0.3, 0.4) is 0 Å². The average Bonchev–Trinajstić information content (AvgIpc) is 2.03. The highest BCUT2D eigenvalue weighted by Gasteiger charge is 2.31. The van der Waals surface area contributed by atoms with Crippen LogP contribution in [0.5, 0.6) is 0 Å². The van der Waals surface area contributed by atoms with E-state index in [1.807, 2.05) is 0 Å². The van der Waals surface area contributed by atoms with Crippen molar-refractivity contribution in [2.24, 2.45) is 11.8 Å². The van der Waals surface area contributed by atoms with Crippen LogP contribution in [0.1, 0.15) is 19.8 Å². The van der Waals surface area contributed by atoms with Crippen LogP contribution in [0.2, 0.25) is 0 Å². The van der Waals surface area contributed by atoms with Gasteiger partial charge in [-0.2, -0.15) is 0 Å². The summed E-state index contributed by atoms with van der Waals surface area (Å²) in [5.41, 5.74) is 0. The van der Waals surface area contributed by atoms with Crippen LogP contribution < -0.4 is 5.32 Å². The monoisotopic (exact) mass is 189 g/mol. The summed E-state index contributed by atoms with van der Waals surface area (Å²) in [6, 6.07) is 0. The SMILES string of the molecule is CC(F)CC1CCNCC1C(=O)O. The molecule has 0 saturated carbocycles. The topological polar surface area (TPSA) is 49.3 Å². The minimum absolute atomic E-state index is 0.00116. The summed E-state index contributed by atoms with van der Waals surface area (Å²) in [4.78, 5) is 10.8. The van der Waals surface area contributed by atoms with Gasteiger partial charge in [0.25, 0.3) is 0 Å². The third-order valence-electron chi connectivity index (χ3n) is 2.57. The van der Waals surface area contributed by atoms with Gasteiger partial charge in [-0.1, -0.05) is 0 Å². The number of hydrogen-bond acceptors (Lipinski definition) is 2. The fourth-order valence-electron chi connectivity index (χ4n) is 1.90. The largest absolute Gasteiger partial charge is 0.481 e. The summed E-state index contributed by atoms with van der Waals surface area (Å²) >= 11 is 0. The number of piperidine rings is 1. The molecule has 0 aliphatic carbocycles. The molecule has 1 fully saturated rings. The molecule has 2 N–H and O–H groups in total. The second-order valence-electron chi connectivity index (χ2n) is 3.71. The van der Waals surface area contributed by atoms with Gasteiger partial charge in [-0.25, -0.2) is 4.39 Å². The molecule has 0 aromatic carbocycles. The molecule has 76 valence electrons. The smallest absolute Gasteiger partial charge is 0.308 e. The van der Waals surface area contributed by atoms with Crippen molar-refractivity contribution >= 4 is 5.97 Å². The first-order valence-electron chi connectivity index (χ1n) is 4.69. The molecule has 0 spiro atoms. The zero-order valence-electron chi connectivity index (χ0n) is 7.79. The number of rotatable bonds is 3. The Balaban J connectivity index is 2.51. The highest BCUT2D eigenvalue weighted by atomic mass is 19.1. The van der Waals surface area contributed by atoms with Crippen molar-refractivity contribution in [2.75, 3.05) is 13.1 Å². The number of carbonyl (C=O) groups is 1. The van der Waals surface area contributed by atoms with E-state index in [1.54, 1.807) is 0 Å². The predicted molar refractivity (Wildman–Crippen MR) is 47.3 cm³/mol. The summed E-state index contributed by atoms with van der Waals surface area (Å²) in [6.45, 7) is 2.77. The van der Waals surface area contributed by atoms with Gasteiger partial charge in [0.2, 0.25) is 0 Å². The third-order valence-corrected chi connectivity index (χ3v) is 2.57. The van der Waals surface area contributed by atoms with Gasteiger partial charge in [0.15, 0.2) is 0 Å². The first-order chi connectivity index (χ1) is 6.11. The molecule has 1 rings (SSSR count). The van der Waals surface area contributed by atoms with Gasteiger partial charge in [0.1, 0.15) is 0 Å². The van der Waals surface area contributed by atoms with Gasteiger partial charge in [-0.05, 0) is 32.2 Å². The number of halogens is 1. The molecular formula is C9H16FNO2. The van der Waals surface area contributed by atoms with Gasteiger partial charge in [0.05, 0.1) is 12.1 Å². The van der Waals surface area contributed by atoms with Gasteiger partial charge in [-0.3, -0.25) is 4.79 Å². The third kappa shape index (κ3) is 2.95. The lowest BCUT2D eigenvalue weighted by molar-refractivity contribution is -0.144. The highest BCUT2D eigenvalue weighted by Crippen LogP contribution is 2.25. The predicted octanol–water partition coefficient (Wildman–Crippen LogP) is 1.04. The van der Waals surface area contributed by atoms with Crippen LogP contribution in [0, 0.1) is 11.8 Å². The zero-order valence-corrected chi connectivity index (χ0v) is 7.79. The van der Waals surface area contributed by atoms with Gasteiger partial charge >= 0.3 is 5.97 Å². The standard InChI is InChI=1S/C9H16FNO2/c1-6(10)4-7-2-3-11-5-8(7)9(12)13/h6-8,11H,2-5H2,1H3,(H,12,13). The number of hydrogen-bond donors (Lipinski definition) is 2. The lowest BCUT2D eigenvalue weighted by Gasteiger charge is -2.29. The summed E-state index contributed by atoms with van der Waals surface area (Å²) in [5, 5.41) is 11.9. The van der Waals surface area contributed by atoms with Gasteiger partial charge < -0.3 is 10.4 Å². The van der Waals surface area contributed by atoms with Crippen molar-refractivity contribution in [2.45, 2.75) is 25.9 Å². The zero-order chi connectivity index (χ0) is 9.84. The normalized spacial score (nSPS) is 31.2. The lowest BCUT2D eigenvalue weighted by atomic mass is 9.83. The summed E-state index contributed by atoms with van der Waals surface area (Å²) in [7, 11) is 0. The minimum atomic E-state index is -0.898. The Morgan fingerprint density at radius 1 is 1.77 bits per heavy atom. The van der Waals surface area contributed by atoms with E-state index in [9.17, 15) is 9.18 Å². The minimum Gasteiger partial charge on any atom is -0.481 e. The Morgan fingerprint density at radius 2 is 2.46 bits per heavy atom. The van der Waals surface area contributed by atoms with Crippen molar-refractivity contribution in [3.63, 3.8) is 0 Å². The molecule has 13 heavy (non-hydrogen) atoms.